The van der Waals surface area contributed by atoms with E-state index in [0.29, 0.717) is 0 Å². The molecule has 1 saturated heterocycles. The Morgan fingerprint density at radius 1 is 1.24 bits per heavy atom. The van der Waals surface area contributed by atoms with Crippen LogP contribution in [-0.4, -0.2) is 74.2 Å². The first kappa shape index (κ1) is 32.3. The van der Waals surface area contributed by atoms with Crippen LogP contribution in [0.25, 0.3) is 11.4 Å². The summed E-state index contributed by atoms with van der Waals surface area (Å²) in [5, 5.41) is 11.9. The molecule has 42 heavy (non-hydrogen) atoms. The summed E-state index contributed by atoms with van der Waals surface area (Å²) in [4.78, 5) is 16.6. The van der Waals surface area contributed by atoms with Crippen LogP contribution in [0.1, 0.15) is 76.8 Å². The Morgan fingerprint density at radius 2 is 1.90 bits per heavy atom. The van der Waals surface area contributed by atoms with Gasteiger partial charge in [-0.3, -0.25) is 14.9 Å². The summed E-state index contributed by atoms with van der Waals surface area (Å²) in [5.74, 6) is 0. The van der Waals surface area contributed by atoms with E-state index < -0.39 is 0 Å². The van der Waals surface area contributed by atoms with Gasteiger partial charge in [0.2, 0.25) is 0 Å². The van der Waals surface area contributed by atoms with Crippen molar-refractivity contribution in [1.82, 2.24) is 9.88 Å². The zero-order valence-electron chi connectivity index (χ0n) is 26.3. The van der Waals surface area contributed by atoms with Gasteiger partial charge in [0.05, 0.1) is 29.4 Å². The van der Waals surface area contributed by atoms with Crippen molar-refractivity contribution in [3.63, 3.8) is 0 Å². The number of allylic oxidation sites excluding steroid dienone is 1. The van der Waals surface area contributed by atoms with Crippen LogP contribution in [0.4, 0.5) is 11.4 Å². The number of anilines is 2. The molecule has 7 nitrogen and oxygen atoms in total. The minimum Gasteiger partial charge on any atom is -0.396 e. The maximum absolute atomic E-state index is 10.2. The third-order valence-corrected chi connectivity index (χ3v) is 8.81. The number of methoxy groups -OCH3 is 1. The second-order valence-electron chi connectivity index (χ2n) is 12.4. The predicted octanol–water partition coefficient (Wildman–Crippen LogP) is 6.67. The summed E-state index contributed by atoms with van der Waals surface area (Å²) < 4.78 is 5.85. The highest BCUT2D eigenvalue weighted by molar-refractivity contribution is 7.83. The first-order chi connectivity index (χ1) is 20.2. The van der Waals surface area contributed by atoms with E-state index in [9.17, 15) is 5.11 Å². The predicted molar refractivity (Wildman–Crippen MR) is 181 cm³/mol. The number of ether oxygens (including phenoxy) is 1. The van der Waals surface area contributed by atoms with Gasteiger partial charge in [-0.15, -0.1) is 12.6 Å². The molecule has 0 amide bonds. The van der Waals surface area contributed by atoms with Crippen molar-refractivity contribution in [2.24, 2.45) is 10.4 Å². The lowest BCUT2D eigenvalue weighted by molar-refractivity contribution is 0.115. The molecule has 1 aliphatic carbocycles. The van der Waals surface area contributed by atoms with Crippen LogP contribution in [0.3, 0.4) is 0 Å². The maximum atomic E-state index is 10.2. The number of thiol groups is 1. The van der Waals surface area contributed by atoms with Crippen LogP contribution in [0, 0.1) is 5.41 Å². The molecule has 0 bridgehead atoms. The first-order valence-electron chi connectivity index (χ1n) is 15.2. The van der Waals surface area contributed by atoms with Crippen molar-refractivity contribution < 1.29 is 9.84 Å². The molecule has 2 aliphatic rings. The quantitative estimate of drug-likeness (QED) is 0.200. The molecule has 1 aromatic heterocycles. The fourth-order valence-electron chi connectivity index (χ4n) is 6.00. The Hall–Kier alpha value is -2.65. The van der Waals surface area contributed by atoms with E-state index in [1.54, 1.807) is 12.5 Å². The summed E-state index contributed by atoms with van der Waals surface area (Å²) in [7, 11) is 1.74. The first-order valence-corrected chi connectivity index (χ1v) is 15.7. The van der Waals surface area contributed by atoms with E-state index in [0.717, 1.165) is 84.8 Å². The average molecular weight is 592 g/mol. The number of aliphatic hydroxyl groups is 1. The average Bonchev–Trinajstić information content (AvgIpc) is 3.86. The molecular formula is C34H49N5O2S. The summed E-state index contributed by atoms with van der Waals surface area (Å²) in [6, 6.07) is 11.5. The monoisotopic (exact) mass is 591 g/mol. The number of piperazine rings is 1. The molecule has 2 heterocycles. The van der Waals surface area contributed by atoms with Gasteiger partial charge in [0.1, 0.15) is 0 Å². The molecule has 0 radical (unpaired) electrons. The van der Waals surface area contributed by atoms with Crippen molar-refractivity contribution in [3.8, 4) is 0 Å². The van der Waals surface area contributed by atoms with Crippen LogP contribution in [-0.2, 0) is 4.74 Å². The van der Waals surface area contributed by atoms with Crippen molar-refractivity contribution in [2.75, 3.05) is 56.2 Å². The number of pyridine rings is 1. The lowest BCUT2D eigenvalue weighted by Gasteiger charge is -2.37. The number of nitrogens with zero attached hydrogens (tertiary/aromatic N) is 5. The Labute approximate surface area is 258 Å². The van der Waals surface area contributed by atoms with E-state index >= 15 is 0 Å². The molecule has 1 aliphatic heterocycles. The molecule has 1 atom stereocenters. The molecule has 1 unspecified atom stereocenters. The van der Waals surface area contributed by atoms with E-state index in [1.165, 1.54) is 18.4 Å². The van der Waals surface area contributed by atoms with E-state index in [1.807, 2.05) is 6.20 Å². The number of aliphatic imine (C=N–C) groups is 1. The fourth-order valence-corrected chi connectivity index (χ4v) is 6.23. The summed E-state index contributed by atoms with van der Waals surface area (Å²) in [6.07, 6.45) is 5.27. The van der Waals surface area contributed by atoms with Crippen LogP contribution in [0.5, 0.6) is 0 Å². The van der Waals surface area contributed by atoms with E-state index in [4.69, 9.17) is 9.72 Å². The van der Waals surface area contributed by atoms with Crippen molar-refractivity contribution in [3.05, 3.63) is 64.3 Å². The number of aliphatic hydroxyl groups excluding tert-OH is 1. The highest BCUT2D eigenvalue weighted by Gasteiger charge is 2.32. The Morgan fingerprint density at radius 3 is 2.43 bits per heavy atom. The molecule has 1 saturated carbocycles. The van der Waals surface area contributed by atoms with Gasteiger partial charge in [0, 0.05) is 75.0 Å². The smallest absolute Gasteiger partial charge is 0.0969 e. The second kappa shape index (κ2) is 14.2. The van der Waals surface area contributed by atoms with Crippen molar-refractivity contribution in [2.45, 2.75) is 66.0 Å². The van der Waals surface area contributed by atoms with Gasteiger partial charge < -0.3 is 19.6 Å². The largest absolute Gasteiger partial charge is 0.396 e. The lowest BCUT2D eigenvalue weighted by atomic mass is 9.85. The Balaban J connectivity index is 1.83. The van der Waals surface area contributed by atoms with Crippen LogP contribution in [0.2, 0.25) is 0 Å². The zero-order chi connectivity index (χ0) is 30.4. The lowest BCUT2D eigenvalue weighted by Crippen LogP contribution is -2.47. The number of hydrogen-bond acceptors (Lipinski definition) is 8. The number of benzene rings is 1. The molecule has 1 N–H and O–H groups in total. The third kappa shape index (κ3) is 7.46. The van der Waals surface area contributed by atoms with Gasteiger partial charge in [-0.05, 0) is 81.3 Å². The molecular weight excluding hydrogens is 542 g/mol. The number of aromatic nitrogens is 1. The Bertz CT molecular complexity index is 1280. The normalized spacial score (nSPS) is 18.1. The molecule has 4 rings (SSSR count). The SMILES string of the molecule is C=N/C(=C\S)c1ccc(N(CC)/C(=C(\C)CC(C)(C)CO)c2cc(N3CCN(C4CC4)CC3)cnc2C(C)OC)cc1. The molecule has 8 heteroatoms. The van der Waals surface area contributed by atoms with Gasteiger partial charge in [0.15, 0.2) is 0 Å². The van der Waals surface area contributed by atoms with E-state index in [2.05, 4.69) is 104 Å². The summed E-state index contributed by atoms with van der Waals surface area (Å²) in [6.45, 7) is 19.4. The molecule has 1 aromatic carbocycles. The topological polar surface area (TPSA) is 64.4 Å². The fraction of sp³-hybridized carbons (Fsp3) is 0.529. The molecule has 2 aromatic rings. The highest BCUT2D eigenvalue weighted by atomic mass is 32.1. The summed E-state index contributed by atoms with van der Waals surface area (Å²) in [5.41, 5.74) is 7.95. The molecule has 228 valence electrons. The van der Waals surface area contributed by atoms with Gasteiger partial charge in [-0.25, -0.2) is 0 Å². The third-order valence-electron chi connectivity index (χ3n) is 8.57. The minimum atomic E-state index is -0.266. The zero-order valence-corrected chi connectivity index (χ0v) is 27.2. The minimum absolute atomic E-state index is 0.108. The van der Waals surface area contributed by atoms with Crippen LogP contribution >= 0.6 is 12.6 Å². The van der Waals surface area contributed by atoms with E-state index in [-0.39, 0.29) is 18.1 Å². The van der Waals surface area contributed by atoms with Gasteiger partial charge >= 0.3 is 0 Å². The van der Waals surface area contributed by atoms with Gasteiger partial charge in [-0.2, -0.15) is 0 Å². The number of rotatable bonds is 13. The van der Waals surface area contributed by atoms with Gasteiger partial charge in [-0.1, -0.05) is 26.0 Å². The van der Waals surface area contributed by atoms with Crippen molar-refractivity contribution in [1.29, 1.82) is 0 Å². The van der Waals surface area contributed by atoms with Crippen molar-refractivity contribution >= 4 is 42.1 Å². The van der Waals surface area contributed by atoms with Gasteiger partial charge in [0.25, 0.3) is 0 Å². The van der Waals surface area contributed by atoms with Crippen LogP contribution in [0.15, 0.2) is 52.5 Å². The summed E-state index contributed by atoms with van der Waals surface area (Å²) >= 11 is 4.30. The molecule has 0 spiro atoms. The standard InChI is InChI=1S/C34H49N5O2S/c1-8-39(28-11-9-26(10-12-28)31(22-42)35-6)33(24(2)20-34(4,5)23-40)30-19-29(21-36-32(30)25(3)41-7)38-17-15-37(16-18-38)27-13-14-27/h9-12,19,21-22,25,27,40,42H,6,8,13-18,20,23H2,1-5,7H3/b31-22-,33-24+. The highest BCUT2D eigenvalue weighted by Crippen LogP contribution is 2.39. The Kier molecular flexibility index (Phi) is 10.9. The second-order valence-corrected chi connectivity index (χ2v) is 12.6. The maximum Gasteiger partial charge on any atom is 0.0969 e. The number of hydrogen-bond donors (Lipinski definition) is 2. The van der Waals surface area contributed by atoms with Crippen LogP contribution < -0.4 is 9.80 Å². The molecule has 2 fully saturated rings.